The molecule has 104 valence electrons. The van der Waals surface area contributed by atoms with Gasteiger partial charge in [0.05, 0.1) is 5.60 Å². The third-order valence-electron chi connectivity index (χ3n) is 6.21. The number of aliphatic hydroxyl groups is 1. The molecular formula is C17H30O. The number of hydrogen-bond donors (Lipinski definition) is 1. The standard InChI is InChI=1S/C17H30O/c1-2-13-5-3-7-16(11-13)17(18)10-4-6-15(12-17)14-8-9-14/h13-16,18H,2-12H2,1H3. The lowest BCUT2D eigenvalue weighted by atomic mass is 9.64. The minimum absolute atomic E-state index is 0.278. The molecule has 0 aliphatic heterocycles. The molecule has 3 aliphatic rings. The molecule has 0 bridgehead atoms. The Morgan fingerprint density at radius 3 is 2.56 bits per heavy atom. The van der Waals surface area contributed by atoms with E-state index in [1.165, 1.54) is 57.8 Å². The summed E-state index contributed by atoms with van der Waals surface area (Å²) in [5.74, 6) is 3.37. The normalized spacial score (nSPS) is 46.0. The van der Waals surface area contributed by atoms with Gasteiger partial charge in [0.15, 0.2) is 0 Å². The summed E-state index contributed by atoms with van der Waals surface area (Å²) in [5, 5.41) is 11.2. The number of hydrogen-bond acceptors (Lipinski definition) is 1. The molecule has 0 aromatic carbocycles. The lowest BCUT2D eigenvalue weighted by Gasteiger charge is -2.45. The summed E-state index contributed by atoms with van der Waals surface area (Å²) in [5.41, 5.74) is -0.278. The lowest BCUT2D eigenvalue weighted by molar-refractivity contribution is -0.0849. The number of rotatable bonds is 3. The molecule has 1 N–H and O–H groups in total. The van der Waals surface area contributed by atoms with Crippen molar-refractivity contribution < 1.29 is 5.11 Å². The second-order valence-corrected chi connectivity index (χ2v) is 7.44. The van der Waals surface area contributed by atoms with Crippen LogP contribution >= 0.6 is 0 Å². The van der Waals surface area contributed by atoms with Crippen LogP contribution < -0.4 is 0 Å². The largest absolute Gasteiger partial charge is 0.390 e. The molecule has 0 aromatic rings. The molecule has 4 unspecified atom stereocenters. The van der Waals surface area contributed by atoms with Crippen LogP contribution in [0.3, 0.4) is 0 Å². The average Bonchev–Trinajstić information content (AvgIpc) is 3.23. The Morgan fingerprint density at radius 2 is 1.83 bits per heavy atom. The van der Waals surface area contributed by atoms with Gasteiger partial charge in [-0.3, -0.25) is 0 Å². The molecule has 0 radical (unpaired) electrons. The Labute approximate surface area is 112 Å². The first-order chi connectivity index (χ1) is 8.71. The zero-order chi connectivity index (χ0) is 12.6. The molecule has 0 spiro atoms. The maximum absolute atomic E-state index is 11.2. The topological polar surface area (TPSA) is 20.2 Å². The highest BCUT2D eigenvalue weighted by molar-refractivity contribution is 4.97. The molecule has 0 aromatic heterocycles. The molecule has 3 fully saturated rings. The second-order valence-electron chi connectivity index (χ2n) is 7.44. The van der Waals surface area contributed by atoms with Crippen molar-refractivity contribution in [2.45, 2.75) is 83.2 Å². The molecular weight excluding hydrogens is 220 g/mol. The van der Waals surface area contributed by atoms with Gasteiger partial charge in [-0.15, -0.1) is 0 Å². The first kappa shape index (κ1) is 13.0. The zero-order valence-corrected chi connectivity index (χ0v) is 12.0. The van der Waals surface area contributed by atoms with Gasteiger partial charge < -0.3 is 5.11 Å². The van der Waals surface area contributed by atoms with Crippen LogP contribution in [0, 0.1) is 23.7 Å². The Hall–Kier alpha value is -0.0400. The second kappa shape index (κ2) is 5.15. The van der Waals surface area contributed by atoms with E-state index >= 15 is 0 Å². The summed E-state index contributed by atoms with van der Waals surface area (Å²) in [6.07, 6.45) is 14.5. The monoisotopic (exact) mass is 250 g/mol. The van der Waals surface area contributed by atoms with Crippen molar-refractivity contribution in [3.63, 3.8) is 0 Å². The zero-order valence-electron chi connectivity index (χ0n) is 12.0. The fraction of sp³-hybridized carbons (Fsp3) is 1.00. The van der Waals surface area contributed by atoms with E-state index in [0.29, 0.717) is 5.92 Å². The summed E-state index contributed by atoms with van der Waals surface area (Å²) in [4.78, 5) is 0. The van der Waals surface area contributed by atoms with Gasteiger partial charge in [0, 0.05) is 0 Å². The Balaban J connectivity index is 1.64. The summed E-state index contributed by atoms with van der Waals surface area (Å²) in [6.45, 7) is 2.32. The van der Waals surface area contributed by atoms with Gasteiger partial charge in [-0.05, 0) is 68.6 Å². The van der Waals surface area contributed by atoms with Gasteiger partial charge in [-0.2, -0.15) is 0 Å². The molecule has 18 heavy (non-hydrogen) atoms. The SMILES string of the molecule is CCC1CCCC(C2(O)CCCC(C3CC3)C2)C1. The maximum atomic E-state index is 11.2. The van der Waals surface area contributed by atoms with Crippen LogP contribution in [0.4, 0.5) is 0 Å². The predicted molar refractivity (Wildman–Crippen MR) is 75.4 cm³/mol. The van der Waals surface area contributed by atoms with E-state index in [2.05, 4.69) is 6.92 Å². The molecule has 1 heteroatoms. The van der Waals surface area contributed by atoms with E-state index in [0.717, 1.165) is 30.6 Å². The van der Waals surface area contributed by atoms with Gasteiger partial charge in [0.1, 0.15) is 0 Å². The average molecular weight is 250 g/mol. The van der Waals surface area contributed by atoms with Gasteiger partial charge >= 0.3 is 0 Å². The van der Waals surface area contributed by atoms with E-state index in [-0.39, 0.29) is 5.60 Å². The molecule has 0 heterocycles. The van der Waals surface area contributed by atoms with Crippen LogP contribution in [0.2, 0.25) is 0 Å². The molecule has 3 rings (SSSR count). The maximum Gasteiger partial charge on any atom is 0.0678 e. The van der Waals surface area contributed by atoms with Crippen molar-refractivity contribution in [1.82, 2.24) is 0 Å². The molecule has 0 amide bonds. The Kier molecular flexibility index (Phi) is 3.71. The summed E-state index contributed by atoms with van der Waals surface area (Å²) >= 11 is 0. The van der Waals surface area contributed by atoms with Gasteiger partial charge in [0.2, 0.25) is 0 Å². The van der Waals surface area contributed by atoms with E-state index in [4.69, 9.17) is 0 Å². The van der Waals surface area contributed by atoms with E-state index in [9.17, 15) is 5.11 Å². The molecule has 3 aliphatic carbocycles. The third-order valence-corrected chi connectivity index (χ3v) is 6.21. The Bertz CT molecular complexity index is 283. The van der Waals surface area contributed by atoms with Gasteiger partial charge in [-0.1, -0.05) is 32.6 Å². The van der Waals surface area contributed by atoms with Crippen molar-refractivity contribution >= 4 is 0 Å². The highest BCUT2D eigenvalue weighted by Gasteiger charge is 2.45. The van der Waals surface area contributed by atoms with Crippen molar-refractivity contribution in [3.8, 4) is 0 Å². The van der Waals surface area contributed by atoms with Crippen LogP contribution in [0.1, 0.15) is 77.6 Å². The molecule has 0 saturated heterocycles. The van der Waals surface area contributed by atoms with Crippen LogP contribution in [-0.4, -0.2) is 10.7 Å². The minimum atomic E-state index is -0.278. The van der Waals surface area contributed by atoms with Crippen molar-refractivity contribution in [1.29, 1.82) is 0 Å². The molecule has 3 saturated carbocycles. The quantitative estimate of drug-likeness (QED) is 0.780. The highest BCUT2D eigenvalue weighted by atomic mass is 16.3. The van der Waals surface area contributed by atoms with E-state index < -0.39 is 0 Å². The lowest BCUT2D eigenvalue weighted by Crippen LogP contribution is -2.44. The van der Waals surface area contributed by atoms with E-state index in [1.54, 1.807) is 0 Å². The van der Waals surface area contributed by atoms with Crippen molar-refractivity contribution in [2.75, 3.05) is 0 Å². The molecule has 4 atom stereocenters. The summed E-state index contributed by atoms with van der Waals surface area (Å²) in [6, 6.07) is 0. The van der Waals surface area contributed by atoms with E-state index in [1.807, 2.05) is 0 Å². The third kappa shape index (κ3) is 2.61. The fourth-order valence-electron chi connectivity index (χ4n) is 4.82. The van der Waals surface area contributed by atoms with Gasteiger partial charge in [0.25, 0.3) is 0 Å². The highest BCUT2D eigenvalue weighted by Crippen LogP contribution is 2.51. The van der Waals surface area contributed by atoms with Crippen molar-refractivity contribution in [2.24, 2.45) is 23.7 Å². The van der Waals surface area contributed by atoms with Crippen LogP contribution in [0.25, 0.3) is 0 Å². The summed E-state index contributed by atoms with van der Waals surface area (Å²) in [7, 11) is 0. The summed E-state index contributed by atoms with van der Waals surface area (Å²) < 4.78 is 0. The van der Waals surface area contributed by atoms with Crippen LogP contribution in [0.15, 0.2) is 0 Å². The van der Waals surface area contributed by atoms with Gasteiger partial charge in [-0.25, -0.2) is 0 Å². The predicted octanol–water partition coefficient (Wildman–Crippen LogP) is 4.53. The van der Waals surface area contributed by atoms with Crippen LogP contribution in [-0.2, 0) is 0 Å². The Morgan fingerprint density at radius 1 is 1.00 bits per heavy atom. The smallest absolute Gasteiger partial charge is 0.0678 e. The fourth-order valence-corrected chi connectivity index (χ4v) is 4.82. The molecule has 1 nitrogen and oxygen atoms in total. The first-order valence-corrected chi connectivity index (χ1v) is 8.43. The first-order valence-electron chi connectivity index (χ1n) is 8.43. The van der Waals surface area contributed by atoms with Crippen LogP contribution in [0.5, 0.6) is 0 Å². The minimum Gasteiger partial charge on any atom is -0.390 e. The van der Waals surface area contributed by atoms with Crippen molar-refractivity contribution in [3.05, 3.63) is 0 Å².